The zero-order valence-corrected chi connectivity index (χ0v) is 14.9. The van der Waals surface area contributed by atoms with E-state index in [1.165, 1.54) is 12.8 Å². The van der Waals surface area contributed by atoms with Gasteiger partial charge in [-0.1, -0.05) is 12.1 Å². The number of nitrogens with zero attached hydrogens (tertiary/aromatic N) is 2. The van der Waals surface area contributed by atoms with Crippen LogP contribution >= 0.6 is 0 Å². The Bertz CT molecular complexity index is 859. The van der Waals surface area contributed by atoms with E-state index in [4.69, 9.17) is 0 Å². The molecule has 0 spiro atoms. The predicted octanol–water partition coefficient (Wildman–Crippen LogP) is 2.38. The van der Waals surface area contributed by atoms with Crippen LogP contribution in [0, 0.1) is 0 Å². The second-order valence-electron chi connectivity index (χ2n) is 7.37. The van der Waals surface area contributed by atoms with Crippen molar-refractivity contribution >= 4 is 16.8 Å². The molecule has 2 saturated heterocycles. The lowest BCUT2D eigenvalue weighted by Gasteiger charge is -2.36. The van der Waals surface area contributed by atoms with E-state index in [0.29, 0.717) is 17.5 Å². The first-order valence-electron chi connectivity index (χ1n) is 9.23. The summed E-state index contributed by atoms with van der Waals surface area (Å²) in [6, 6.07) is 8.79. The van der Waals surface area contributed by atoms with Gasteiger partial charge in [0.25, 0.3) is 5.91 Å². The first-order valence-corrected chi connectivity index (χ1v) is 9.23. The molecule has 4 rings (SSSR count). The summed E-state index contributed by atoms with van der Waals surface area (Å²) in [7, 11) is 2.18. The molecule has 1 amide bonds. The molecule has 132 valence electrons. The van der Waals surface area contributed by atoms with Crippen LogP contribution in [0.4, 0.5) is 0 Å². The standard InChI is InChI=1S/C20H25N3O2/c1-3-23-12-17(19(24)16-6-4-5-7-18(16)23)20(25)21-13-10-14-8-9-15(11-13)22(14)2/h4-7,12-15H,3,8-11H2,1-2H3,(H,21,25). The van der Waals surface area contributed by atoms with Gasteiger partial charge in [-0.15, -0.1) is 0 Å². The number of aryl methyl sites for hydroxylation is 1. The third-order valence-electron chi connectivity index (χ3n) is 6.01. The summed E-state index contributed by atoms with van der Waals surface area (Å²) in [6.45, 7) is 2.74. The molecular weight excluding hydrogens is 314 g/mol. The molecule has 5 nitrogen and oxygen atoms in total. The summed E-state index contributed by atoms with van der Waals surface area (Å²) in [5.41, 5.74) is 0.962. The highest BCUT2D eigenvalue weighted by Crippen LogP contribution is 2.34. The first-order chi connectivity index (χ1) is 12.1. The molecule has 3 heterocycles. The van der Waals surface area contributed by atoms with Crippen LogP contribution in [0.2, 0.25) is 0 Å². The Kier molecular flexibility index (Phi) is 4.12. The number of piperidine rings is 1. The zero-order chi connectivity index (χ0) is 17.6. The minimum atomic E-state index is -0.230. The van der Waals surface area contributed by atoms with Crippen LogP contribution < -0.4 is 10.7 Å². The van der Waals surface area contributed by atoms with Gasteiger partial charge in [0.1, 0.15) is 5.56 Å². The number of carbonyl (C=O) groups is 1. The Balaban J connectivity index is 1.62. The summed E-state index contributed by atoms with van der Waals surface area (Å²) < 4.78 is 1.98. The molecule has 2 bridgehead atoms. The van der Waals surface area contributed by atoms with Crippen LogP contribution in [-0.2, 0) is 6.54 Å². The fourth-order valence-corrected chi connectivity index (χ4v) is 4.56. The highest BCUT2D eigenvalue weighted by Gasteiger charge is 2.39. The van der Waals surface area contributed by atoms with Gasteiger partial charge < -0.3 is 14.8 Å². The Morgan fingerprint density at radius 3 is 2.56 bits per heavy atom. The van der Waals surface area contributed by atoms with E-state index in [2.05, 4.69) is 17.3 Å². The molecule has 25 heavy (non-hydrogen) atoms. The van der Waals surface area contributed by atoms with Crippen molar-refractivity contribution in [1.29, 1.82) is 0 Å². The van der Waals surface area contributed by atoms with Crippen molar-refractivity contribution in [2.24, 2.45) is 0 Å². The number of pyridine rings is 1. The van der Waals surface area contributed by atoms with Gasteiger partial charge >= 0.3 is 0 Å². The van der Waals surface area contributed by atoms with E-state index in [9.17, 15) is 9.59 Å². The number of nitrogens with one attached hydrogen (secondary N) is 1. The molecule has 1 aromatic heterocycles. The number of para-hydroxylation sites is 1. The average Bonchev–Trinajstić information content (AvgIpc) is 2.83. The molecule has 1 N–H and O–H groups in total. The molecular formula is C20H25N3O2. The van der Waals surface area contributed by atoms with Gasteiger partial charge in [0.15, 0.2) is 0 Å². The molecule has 1 aromatic carbocycles. The van der Waals surface area contributed by atoms with Crippen molar-refractivity contribution in [3.63, 3.8) is 0 Å². The van der Waals surface area contributed by atoms with Gasteiger partial charge in [-0.25, -0.2) is 0 Å². The Morgan fingerprint density at radius 1 is 1.20 bits per heavy atom. The normalized spacial score (nSPS) is 26.1. The summed E-state index contributed by atoms with van der Waals surface area (Å²) >= 11 is 0. The number of aromatic nitrogens is 1. The van der Waals surface area contributed by atoms with Crippen molar-refractivity contribution in [2.75, 3.05) is 7.05 Å². The Hall–Kier alpha value is -2.14. The van der Waals surface area contributed by atoms with Crippen molar-refractivity contribution in [3.05, 3.63) is 46.2 Å². The van der Waals surface area contributed by atoms with Crippen LogP contribution in [0.25, 0.3) is 10.9 Å². The molecule has 0 aliphatic carbocycles. The second-order valence-corrected chi connectivity index (χ2v) is 7.37. The fraction of sp³-hybridized carbons (Fsp3) is 0.500. The van der Waals surface area contributed by atoms with E-state index in [1.807, 2.05) is 29.7 Å². The smallest absolute Gasteiger partial charge is 0.256 e. The third-order valence-corrected chi connectivity index (χ3v) is 6.01. The summed E-state index contributed by atoms with van der Waals surface area (Å²) in [5, 5.41) is 3.75. The maximum absolute atomic E-state index is 12.8. The van der Waals surface area contributed by atoms with Crippen molar-refractivity contribution in [2.45, 2.75) is 57.3 Å². The number of hydrogen-bond donors (Lipinski definition) is 1. The van der Waals surface area contributed by atoms with Crippen LogP contribution in [0.3, 0.4) is 0 Å². The van der Waals surface area contributed by atoms with E-state index in [0.717, 1.165) is 24.9 Å². The number of rotatable bonds is 3. The minimum absolute atomic E-state index is 0.169. The molecule has 0 radical (unpaired) electrons. The lowest BCUT2D eigenvalue weighted by atomic mass is 9.97. The Morgan fingerprint density at radius 2 is 1.88 bits per heavy atom. The monoisotopic (exact) mass is 339 g/mol. The molecule has 2 fully saturated rings. The molecule has 2 aromatic rings. The van der Waals surface area contributed by atoms with Gasteiger partial charge in [-0.2, -0.15) is 0 Å². The number of carbonyl (C=O) groups excluding carboxylic acids is 1. The number of fused-ring (bicyclic) bond motifs is 3. The SMILES string of the molecule is CCn1cc(C(=O)NC2CC3CCC(C2)N3C)c(=O)c2ccccc21. The maximum Gasteiger partial charge on any atom is 0.256 e. The summed E-state index contributed by atoms with van der Waals surface area (Å²) in [4.78, 5) is 28.1. The van der Waals surface area contributed by atoms with Gasteiger partial charge in [0.2, 0.25) is 5.43 Å². The van der Waals surface area contributed by atoms with Crippen LogP contribution in [0.1, 0.15) is 43.0 Å². The van der Waals surface area contributed by atoms with Crippen molar-refractivity contribution in [1.82, 2.24) is 14.8 Å². The highest BCUT2D eigenvalue weighted by atomic mass is 16.2. The lowest BCUT2D eigenvalue weighted by Crippen LogP contribution is -2.49. The topological polar surface area (TPSA) is 54.3 Å². The summed E-state index contributed by atoms with van der Waals surface area (Å²) in [6.07, 6.45) is 6.10. The largest absolute Gasteiger partial charge is 0.349 e. The zero-order valence-electron chi connectivity index (χ0n) is 14.9. The van der Waals surface area contributed by atoms with Gasteiger partial charge in [0.05, 0.1) is 5.52 Å². The van der Waals surface area contributed by atoms with Crippen molar-refractivity contribution < 1.29 is 4.79 Å². The molecule has 2 aliphatic heterocycles. The highest BCUT2D eigenvalue weighted by molar-refractivity contribution is 5.97. The molecule has 5 heteroatoms. The van der Waals surface area contributed by atoms with Gasteiger partial charge in [-0.05, 0) is 51.8 Å². The number of amides is 1. The van der Waals surface area contributed by atoms with E-state index in [1.54, 1.807) is 12.3 Å². The average molecular weight is 339 g/mol. The third kappa shape index (κ3) is 2.76. The molecule has 0 saturated carbocycles. The van der Waals surface area contributed by atoms with E-state index >= 15 is 0 Å². The van der Waals surface area contributed by atoms with Gasteiger partial charge in [-0.3, -0.25) is 9.59 Å². The van der Waals surface area contributed by atoms with Gasteiger partial charge in [0, 0.05) is 36.3 Å². The quantitative estimate of drug-likeness (QED) is 0.934. The fourth-order valence-electron chi connectivity index (χ4n) is 4.56. The second kappa shape index (κ2) is 6.30. The van der Waals surface area contributed by atoms with Crippen LogP contribution in [0.15, 0.2) is 35.3 Å². The number of hydrogen-bond acceptors (Lipinski definition) is 3. The first kappa shape index (κ1) is 16.3. The predicted molar refractivity (Wildman–Crippen MR) is 98.9 cm³/mol. The summed E-state index contributed by atoms with van der Waals surface area (Å²) in [5.74, 6) is -0.230. The molecule has 2 aliphatic rings. The Labute approximate surface area is 147 Å². The minimum Gasteiger partial charge on any atom is -0.349 e. The van der Waals surface area contributed by atoms with Crippen molar-refractivity contribution in [3.8, 4) is 0 Å². The molecule has 2 unspecified atom stereocenters. The van der Waals surface area contributed by atoms with Crippen LogP contribution in [0.5, 0.6) is 0 Å². The number of benzene rings is 1. The van der Waals surface area contributed by atoms with E-state index < -0.39 is 0 Å². The molecule has 2 atom stereocenters. The van der Waals surface area contributed by atoms with Crippen LogP contribution in [-0.4, -0.2) is 40.5 Å². The lowest BCUT2D eigenvalue weighted by molar-refractivity contribution is 0.0881. The maximum atomic E-state index is 12.8. The van der Waals surface area contributed by atoms with E-state index in [-0.39, 0.29) is 22.9 Å².